The predicted octanol–water partition coefficient (Wildman–Crippen LogP) is 5.07. The van der Waals surface area contributed by atoms with Crippen LogP contribution >= 0.6 is 11.6 Å². The lowest BCUT2D eigenvalue weighted by Gasteiger charge is -2.12. The number of aromatic nitrogens is 2. The van der Waals surface area contributed by atoms with Gasteiger partial charge in [0.15, 0.2) is 6.29 Å². The van der Waals surface area contributed by atoms with Crippen LogP contribution in [0.5, 0.6) is 5.75 Å². The number of carbonyl (C=O) groups excluding carboxylic acids is 1. The highest BCUT2D eigenvalue weighted by Crippen LogP contribution is 2.39. The summed E-state index contributed by atoms with van der Waals surface area (Å²) in [5, 5.41) is 15.0. The normalized spacial score (nSPS) is 11.2. The number of hydrogen-bond donors (Lipinski definition) is 1. The molecular weight excluding hydrogens is 352 g/mol. The summed E-state index contributed by atoms with van der Waals surface area (Å²) < 4.78 is 7.27. The molecule has 1 N–H and O–H groups in total. The summed E-state index contributed by atoms with van der Waals surface area (Å²) in [5.74, 6) is 0.789. The van der Waals surface area contributed by atoms with Crippen LogP contribution in [0.1, 0.15) is 21.8 Å². The van der Waals surface area contributed by atoms with Crippen molar-refractivity contribution in [2.75, 3.05) is 0 Å². The van der Waals surface area contributed by atoms with Crippen molar-refractivity contribution in [2.45, 2.75) is 13.8 Å². The van der Waals surface area contributed by atoms with Gasteiger partial charge in [-0.3, -0.25) is 4.79 Å². The number of nitrogens with zero attached hydrogens (tertiary/aromatic N) is 2. The summed E-state index contributed by atoms with van der Waals surface area (Å²) >= 11 is 6.22. The third-order valence-corrected chi connectivity index (χ3v) is 4.70. The highest BCUT2D eigenvalue weighted by atomic mass is 35.5. The lowest BCUT2D eigenvalue weighted by Crippen LogP contribution is -1.99. The number of hydrogen-bond acceptors (Lipinski definition) is 4. The van der Waals surface area contributed by atoms with Gasteiger partial charge in [-0.1, -0.05) is 22.8 Å². The molecule has 6 heteroatoms. The van der Waals surface area contributed by atoms with Gasteiger partial charge in [0.2, 0.25) is 0 Å². The Morgan fingerprint density at radius 1 is 1.15 bits per heavy atom. The zero-order valence-corrected chi connectivity index (χ0v) is 14.9. The van der Waals surface area contributed by atoms with Crippen molar-refractivity contribution in [2.24, 2.45) is 0 Å². The molecule has 0 bridgehead atoms. The minimum absolute atomic E-state index is 0.165. The van der Waals surface area contributed by atoms with Crippen LogP contribution < -0.4 is 0 Å². The van der Waals surface area contributed by atoms with Gasteiger partial charge < -0.3 is 14.2 Å². The first-order chi connectivity index (χ1) is 12.5. The smallest absolute Gasteiger partial charge is 0.152 e. The fraction of sp³-hybridized carbons (Fsp3) is 0.100. The Morgan fingerprint density at radius 3 is 2.50 bits per heavy atom. The Hall–Kier alpha value is -3.05. The molecule has 0 spiro atoms. The molecule has 0 unspecified atom stereocenters. The molecule has 0 fully saturated rings. The molecule has 4 aromatic rings. The van der Waals surface area contributed by atoms with E-state index >= 15 is 0 Å². The standard InChI is InChI=1S/C20H15ClN2O3/c1-11-19(12(2)26-22-11)20-17(10-24)16-8-3-13(21)9-18(16)23(20)14-4-6-15(25)7-5-14/h3-10,25H,1-2H3. The van der Waals surface area contributed by atoms with E-state index in [4.69, 9.17) is 16.1 Å². The van der Waals surface area contributed by atoms with Crippen LogP contribution in [0.3, 0.4) is 0 Å². The third-order valence-electron chi connectivity index (χ3n) is 4.47. The Balaban J connectivity index is 2.20. The fourth-order valence-electron chi connectivity index (χ4n) is 3.34. The van der Waals surface area contributed by atoms with Crippen molar-refractivity contribution in [1.82, 2.24) is 9.72 Å². The number of rotatable bonds is 3. The van der Waals surface area contributed by atoms with Gasteiger partial charge in [-0.15, -0.1) is 0 Å². The van der Waals surface area contributed by atoms with Crippen LogP contribution in [0.25, 0.3) is 27.8 Å². The maximum absolute atomic E-state index is 12.0. The molecule has 0 aliphatic rings. The fourth-order valence-corrected chi connectivity index (χ4v) is 3.51. The van der Waals surface area contributed by atoms with Crippen LogP contribution in [-0.4, -0.2) is 21.1 Å². The molecule has 2 aromatic heterocycles. The summed E-state index contributed by atoms with van der Waals surface area (Å²) in [7, 11) is 0. The van der Waals surface area contributed by atoms with E-state index in [0.29, 0.717) is 27.7 Å². The third kappa shape index (κ3) is 2.40. The Morgan fingerprint density at radius 2 is 1.88 bits per heavy atom. The number of fused-ring (bicyclic) bond motifs is 1. The number of aldehydes is 1. The zero-order chi connectivity index (χ0) is 18.4. The molecule has 0 saturated carbocycles. The number of phenolic OH excluding ortho intramolecular Hbond substituents is 1. The van der Waals surface area contributed by atoms with Crippen molar-refractivity contribution in [3.8, 4) is 22.7 Å². The first-order valence-electron chi connectivity index (χ1n) is 8.03. The number of aryl methyl sites for hydroxylation is 2. The van der Waals surface area contributed by atoms with E-state index in [0.717, 1.165) is 28.4 Å². The second kappa shape index (κ2) is 6.04. The highest BCUT2D eigenvalue weighted by molar-refractivity contribution is 6.31. The van der Waals surface area contributed by atoms with Gasteiger partial charge in [-0.2, -0.15) is 0 Å². The zero-order valence-electron chi connectivity index (χ0n) is 14.2. The van der Waals surface area contributed by atoms with E-state index < -0.39 is 0 Å². The molecule has 0 aliphatic heterocycles. The number of aromatic hydroxyl groups is 1. The molecule has 2 heterocycles. The molecule has 0 atom stereocenters. The Bertz CT molecular complexity index is 1120. The first-order valence-corrected chi connectivity index (χ1v) is 8.41. The van der Waals surface area contributed by atoms with Crippen molar-refractivity contribution in [3.05, 3.63) is 64.5 Å². The van der Waals surface area contributed by atoms with Gasteiger partial charge in [0.25, 0.3) is 0 Å². The average molecular weight is 367 g/mol. The van der Waals surface area contributed by atoms with Crippen LogP contribution in [0.15, 0.2) is 47.0 Å². The van der Waals surface area contributed by atoms with E-state index in [1.807, 2.05) is 30.5 Å². The number of benzene rings is 2. The van der Waals surface area contributed by atoms with Gasteiger partial charge >= 0.3 is 0 Å². The Labute approximate surface area is 154 Å². The monoisotopic (exact) mass is 366 g/mol. The molecule has 5 nitrogen and oxygen atoms in total. The molecule has 0 saturated heterocycles. The van der Waals surface area contributed by atoms with Crippen LogP contribution in [0, 0.1) is 13.8 Å². The second-order valence-corrected chi connectivity index (χ2v) is 6.53. The van der Waals surface area contributed by atoms with Crippen LogP contribution in [0.2, 0.25) is 5.02 Å². The average Bonchev–Trinajstić information content (AvgIpc) is 3.11. The quantitative estimate of drug-likeness (QED) is 0.514. The molecule has 0 radical (unpaired) electrons. The number of halogens is 1. The minimum atomic E-state index is 0.165. The van der Waals surface area contributed by atoms with E-state index in [-0.39, 0.29) is 5.75 Å². The van der Waals surface area contributed by atoms with Crippen LogP contribution in [0.4, 0.5) is 0 Å². The summed E-state index contributed by atoms with van der Waals surface area (Å²) in [6.07, 6.45) is 0.842. The molecule has 26 heavy (non-hydrogen) atoms. The predicted molar refractivity (Wildman–Crippen MR) is 100 cm³/mol. The minimum Gasteiger partial charge on any atom is -0.508 e. The number of phenols is 1. The van der Waals surface area contributed by atoms with Gasteiger partial charge in [-0.05, 0) is 50.2 Å². The van der Waals surface area contributed by atoms with Gasteiger partial charge in [0.1, 0.15) is 11.5 Å². The topological polar surface area (TPSA) is 68.3 Å². The summed E-state index contributed by atoms with van der Waals surface area (Å²) in [5.41, 5.74) is 4.28. The van der Waals surface area contributed by atoms with E-state index in [1.165, 1.54) is 0 Å². The molecule has 2 aromatic carbocycles. The first kappa shape index (κ1) is 16.4. The summed E-state index contributed by atoms with van der Waals surface area (Å²) in [6, 6.07) is 12.2. The summed E-state index contributed by atoms with van der Waals surface area (Å²) in [6.45, 7) is 3.65. The van der Waals surface area contributed by atoms with Crippen LogP contribution in [-0.2, 0) is 0 Å². The van der Waals surface area contributed by atoms with Crippen molar-refractivity contribution >= 4 is 28.8 Å². The van der Waals surface area contributed by atoms with Crippen molar-refractivity contribution < 1.29 is 14.4 Å². The SMILES string of the molecule is Cc1noc(C)c1-c1c(C=O)c2ccc(Cl)cc2n1-c1ccc(O)cc1. The van der Waals surface area contributed by atoms with E-state index in [1.54, 1.807) is 30.3 Å². The lowest BCUT2D eigenvalue weighted by molar-refractivity contribution is 0.112. The lowest BCUT2D eigenvalue weighted by atomic mass is 10.0. The maximum atomic E-state index is 12.0. The van der Waals surface area contributed by atoms with Crippen molar-refractivity contribution in [3.63, 3.8) is 0 Å². The molecular formula is C20H15ClN2O3. The number of carbonyl (C=O) groups is 1. The molecule has 130 valence electrons. The molecule has 4 rings (SSSR count). The van der Waals surface area contributed by atoms with Gasteiger partial charge in [0, 0.05) is 21.7 Å². The second-order valence-electron chi connectivity index (χ2n) is 6.09. The summed E-state index contributed by atoms with van der Waals surface area (Å²) in [4.78, 5) is 12.0. The van der Waals surface area contributed by atoms with Crippen molar-refractivity contribution in [1.29, 1.82) is 0 Å². The molecule has 0 aliphatic carbocycles. The molecule has 0 amide bonds. The van der Waals surface area contributed by atoms with E-state index in [2.05, 4.69) is 5.16 Å². The Kier molecular flexibility index (Phi) is 3.81. The largest absolute Gasteiger partial charge is 0.508 e. The van der Waals surface area contributed by atoms with Gasteiger partial charge in [0.05, 0.1) is 22.5 Å². The van der Waals surface area contributed by atoms with Gasteiger partial charge in [-0.25, -0.2) is 0 Å². The maximum Gasteiger partial charge on any atom is 0.152 e. The highest BCUT2D eigenvalue weighted by Gasteiger charge is 2.24. The van der Waals surface area contributed by atoms with E-state index in [9.17, 15) is 9.90 Å².